The highest BCUT2D eigenvalue weighted by atomic mass is 16.5. The van der Waals surface area contributed by atoms with Gasteiger partial charge < -0.3 is 128 Å². The Labute approximate surface area is 850 Å². The van der Waals surface area contributed by atoms with E-state index in [0.29, 0.717) is 210 Å². The van der Waals surface area contributed by atoms with Gasteiger partial charge in [0.2, 0.25) is 23.5 Å². The van der Waals surface area contributed by atoms with Crippen molar-refractivity contribution >= 4 is 157 Å². The zero-order valence-corrected chi connectivity index (χ0v) is 82.4. The molecule has 22 rings (SSSR count). The molecule has 14 heterocycles. The van der Waals surface area contributed by atoms with E-state index in [-0.39, 0.29) is 64.9 Å². The van der Waals surface area contributed by atoms with Crippen LogP contribution in [0.5, 0.6) is 46.0 Å². The summed E-state index contributed by atoms with van der Waals surface area (Å²) in [6, 6.07) is 31.6. The molecular formula is C100H101N33O16. The van der Waals surface area contributed by atoms with E-state index in [1.165, 1.54) is 51.4 Å². The lowest BCUT2D eigenvalue weighted by Gasteiger charge is -2.30. The molecule has 16 N–H and O–H groups in total. The van der Waals surface area contributed by atoms with E-state index < -0.39 is 5.54 Å². The molecule has 0 atom stereocenters. The first kappa shape index (κ1) is 101. The zero-order chi connectivity index (χ0) is 105. The number of nitrogen functional groups attached to an aromatic ring is 1. The minimum absolute atomic E-state index is 0.00805. The minimum atomic E-state index is -0.496. The number of nitrogens with one attached hydrogen (secondary N) is 14. The molecule has 149 heavy (non-hydrogen) atoms. The molecule has 2 aliphatic carbocycles. The standard InChI is InChI=1S/C20H23N5O3.C18H19N5O3.2C17H15N7O2.C14H15N5O3.C14H14N4O3/c1-20(2)16-12(19(27)25(20)3)7-8-13(17(16)28-4)23-14-9-15(22-10-21-14)24-18(26)11-5-6-11;1-23-8-12-11(18(23)25)5-6-13(16(12)26-2)21-14-7-15(20-9-19-14)22-17(24)10-3-4-10;1-26-15-11-8-20-16(25)10(11)3-4-12(15)23-13-7-14(22-9-21-13)24-17-18-5-2-6-19-17;1-26-16-11-7-19-17(25)10(11)2-3-12(16)23-14-6-15(22-9-21-14)24-13-4-5-18-8-20-13;1-21-10-8-5-16-14(20)7(8)3-4-9(10)19-13-11(22-2)12(15)17-6-18-13;1-20-11-6-15-7-17-13(11)18-10-4-3-8-9(12(10)21-2)5-16-14(8)19/h7-11H,5-6H2,1-4H3,(H2,21,22,23,24,26);5-7,9-10H,3-4,8H2,1-2H3,(H2,19,20,21,22,24);2-7,9H,8H2,1H3,(H,20,25)(H2,18,19,21,22,23,24);2-6,8-9H,7H2,1H3,(H,19,25)(H2,18,20,21,22,23,24);3-4,6H,5H2,1-2H3,(H,16,20)(H3,15,17,18,19);3-4,6-7H,5H2,1-2H3,(H,16,19)(H,15,17,18). The molecule has 0 bridgehead atoms. The fraction of sp³-hybridized carbons (Fsp3) is 0.240. The maximum atomic E-state index is 12.5. The van der Waals surface area contributed by atoms with Gasteiger partial charge in [0.1, 0.15) is 131 Å². The SMILES string of the molecule is COc1c(N)ncnc1Nc1ccc2c(c1OC)CNC2=O.COc1c(Nc2cc(NC(=O)C3CC3)ncn2)ccc2c1C(C)(C)N(C)C2=O.COc1c(Nc2cc(NC(=O)C3CC3)ncn2)ccc2c1CN(C)C2=O.COc1c(Nc2cc(Nc3ccncn3)ncn2)ccc2c1CNC2=O.COc1c(Nc2cc(Nc3ncccn3)ncn2)ccc2c1CNC2=O.COc1cncnc1Nc1ccc2c(c1OC)CNC2=O. The van der Waals surface area contributed by atoms with Crippen molar-refractivity contribution in [3.05, 3.63) is 245 Å². The van der Waals surface area contributed by atoms with Crippen LogP contribution in [0.4, 0.5) is 110 Å². The van der Waals surface area contributed by atoms with Gasteiger partial charge in [-0.25, -0.2) is 79.7 Å². The van der Waals surface area contributed by atoms with Crippen LogP contribution in [0.25, 0.3) is 0 Å². The fourth-order valence-electron chi connectivity index (χ4n) is 16.7. The number of nitrogens with zero attached hydrogens (tertiary/aromatic N) is 18. The second kappa shape index (κ2) is 44.9. The van der Waals surface area contributed by atoms with E-state index >= 15 is 0 Å². The molecule has 0 radical (unpaired) electrons. The van der Waals surface area contributed by atoms with Crippen molar-refractivity contribution in [3.8, 4) is 46.0 Å². The predicted molar refractivity (Wildman–Crippen MR) is 546 cm³/mol. The summed E-state index contributed by atoms with van der Waals surface area (Å²) >= 11 is 0. The maximum Gasteiger partial charge on any atom is 0.254 e. The molecule has 6 aromatic carbocycles. The molecule has 2 saturated carbocycles. The number of ether oxygens (including phenoxy) is 8. The summed E-state index contributed by atoms with van der Waals surface area (Å²) in [7, 11) is 16.0. The van der Waals surface area contributed by atoms with Crippen molar-refractivity contribution in [2.24, 2.45) is 11.8 Å². The summed E-state index contributed by atoms with van der Waals surface area (Å²) in [4.78, 5) is 164. The van der Waals surface area contributed by atoms with Gasteiger partial charge >= 0.3 is 0 Å². The molecule has 6 aliphatic heterocycles. The van der Waals surface area contributed by atoms with Crippen LogP contribution in [0.3, 0.4) is 0 Å². The first-order valence-corrected chi connectivity index (χ1v) is 46.2. The van der Waals surface area contributed by atoms with Crippen LogP contribution in [0.15, 0.2) is 178 Å². The van der Waals surface area contributed by atoms with E-state index in [0.717, 1.165) is 64.8 Å². The molecule has 0 saturated heterocycles. The van der Waals surface area contributed by atoms with Crippen LogP contribution < -0.4 is 118 Å². The smallest absolute Gasteiger partial charge is 0.254 e. The number of hydrogen-bond donors (Lipinski definition) is 15. The molecule has 8 aromatic heterocycles. The highest BCUT2D eigenvalue weighted by Crippen LogP contribution is 2.49. The third-order valence-corrected chi connectivity index (χ3v) is 24.5. The Morgan fingerprint density at radius 2 is 0.705 bits per heavy atom. The van der Waals surface area contributed by atoms with Crippen LogP contribution in [0.2, 0.25) is 0 Å². The number of amides is 8. The summed E-state index contributed by atoms with van der Waals surface area (Å²) in [6.45, 7) is 6.23. The highest BCUT2D eigenvalue weighted by Gasteiger charge is 2.45. The molecular weight excluding hydrogens is 1920 g/mol. The largest absolute Gasteiger partial charge is 0.494 e. The number of hydrogen-bond acceptors (Lipinski definition) is 41. The number of fused-ring (bicyclic) bond motifs is 6. The molecule has 14 aromatic rings. The Hall–Kier alpha value is -19.7. The number of carbonyl (C=O) groups is 8. The molecule has 49 nitrogen and oxygen atoms in total. The Kier molecular flexibility index (Phi) is 30.4. The lowest BCUT2D eigenvalue weighted by molar-refractivity contribution is -0.118. The van der Waals surface area contributed by atoms with Gasteiger partial charge in [-0.3, -0.25) is 38.4 Å². The number of methoxy groups -OCH3 is 8. The number of carbonyl (C=O) groups excluding carboxylic acids is 8. The van der Waals surface area contributed by atoms with Gasteiger partial charge in [-0.1, -0.05) is 0 Å². The fourth-order valence-corrected chi connectivity index (χ4v) is 16.7. The molecule has 0 spiro atoms. The van der Waals surface area contributed by atoms with Crippen molar-refractivity contribution in [2.75, 3.05) is 130 Å². The van der Waals surface area contributed by atoms with Crippen LogP contribution in [-0.4, -0.2) is 208 Å². The summed E-state index contributed by atoms with van der Waals surface area (Å²) in [5.41, 5.74) is 18.2. The van der Waals surface area contributed by atoms with Gasteiger partial charge in [-0.2, -0.15) is 0 Å². The number of anilines is 19. The zero-order valence-electron chi connectivity index (χ0n) is 82.4. The van der Waals surface area contributed by atoms with Crippen molar-refractivity contribution in [1.82, 2.24) is 111 Å². The minimum Gasteiger partial charge on any atom is -0.494 e. The Morgan fingerprint density at radius 3 is 1.12 bits per heavy atom. The topological polar surface area (TPSA) is 618 Å². The highest BCUT2D eigenvalue weighted by molar-refractivity contribution is 6.05. The van der Waals surface area contributed by atoms with Gasteiger partial charge in [-0.15, -0.1) is 0 Å². The predicted octanol–water partition coefficient (Wildman–Crippen LogP) is 11.6. The van der Waals surface area contributed by atoms with Crippen LogP contribution in [0.1, 0.15) is 135 Å². The average molecular weight is 2020 g/mol. The Balaban J connectivity index is 0.000000122. The lowest BCUT2D eigenvalue weighted by atomic mass is 9.92. The monoisotopic (exact) mass is 2020 g/mol. The van der Waals surface area contributed by atoms with Crippen LogP contribution in [-0.2, 0) is 47.9 Å². The number of aromatic nitrogens is 16. The van der Waals surface area contributed by atoms with E-state index in [1.807, 2.05) is 13.8 Å². The quantitative estimate of drug-likeness (QED) is 0.0216. The molecule has 2 fully saturated rings. The molecule has 8 amide bonds. The molecule has 8 aliphatic rings. The average Bonchev–Trinajstić information content (AvgIpc) is 1.58. The lowest BCUT2D eigenvalue weighted by Crippen LogP contribution is -2.35. The molecule has 762 valence electrons. The Bertz CT molecular complexity index is 7320. The summed E-state index contributed by atoms with van der Waals surface area (Å²) < 4.78 is 43.5. The number of benzene rings is 6. The van der Waals surface area contributed by atoms with Crippen molar-refractivity contribution in [2.45, 2.75) is 77.8 Å². The van der Waals surface area contributed by atoms with Gasteiger partial charge in [0, 0.05) is 162 Å². The van der Waals surface area contributed by atoms with E-state index in [9.17, 15) is 38.4 Å². The first-order valence-electron chi connectivity index (χ1n) is 46.2. The summed E-state index contributed by atoms with van der Waals surface area (Å²) in [6.07, 6.45) is 20.1. The normalized spacial score (nSPS) is 13.9. The van der Waals surface area contributed by atoms with Gasteiger partial charge in [0.15, 0.2) is 23.2 Å². The summed E-state index contributed by atoms with van der Waals surface area (Å²) in [5.74, 6) is 10.7. The van der Waals surface area contributed by atoms with Crippen LogP contribution >= 0.6 is 0 Å². The molecule has 49 heteroatoms. The maximum absolute atomic E-state index is 12.5. The first-order chi connectivity index (χ1) is 72.3. The van der Waals surface area contributed by atoms with Crippen molar-refractivity contribution < 1.29 is 76.3 Å². The van der Waals surface area contributed by atoms with Crippen molar-refractivity contribution in [3.63, 3.8) is 0 Å². The van der Waals surface area contributed by atoms with E-state index in [4.69, 9.17) is 43.6 Å². The Morgan fingerprint density at radius 1 is 0.349 bits per heavy atom. The van der Waals surface area contributed by atoms with Gasteiger partial charge in [0.25, 0.3) is 35.4 Å². The second-order valence-electron chi connectivity index (χ2n) is 34.2. The van der Waals surface area contributed by atoms with E-state index in [2.05, 4.69) is 154 Å². The third kappa shape index (κ3) is 22.6. The molecule has 0 unspecified atom stereocenters. The third-order valence-electron chi connectivity index (χ3n) is 24.5. The van der Waals surface area contributed by atoms with E-state index in [1.54, 1.807) is 208 Å². The number of nitrogens with two attached hydrogens (primary N) is 1. The van der Waals surface area contributed by atoms with Gasteiger partial charge in [-0.05, 0) is 124 Å². The summed E-state index contributed by atoms with van der Waals surface area (Å²) in [5, 5.41) is 41.9. The van der Waals surface area contributed by atoms with Crippen LogP contribution in [0, 0.1) is 11.8 Å². The second-order valence-corrected chi connectivity index (χ2v) is 34.2. The van der Waals surface area contributed by atoms with Gasteiger partial charge in [0.05, 0.1) is 109 Å². The van der Waals surface area contributed by atoms with Crippen molar-refractivity contribution in [1.29, 1.82) is 0 Å². The number of rotatable bonds is 28.